The van der Waals surface area contributed by atoms with Crippen LogP contribution in [0.2, 0.25) is 0 Å². The molecule has 0 radical (unpaired) electrons. The van der Waals surface area contributed by atoms with Crippen molar-refractivity contribution in [3.05, 3.63) is 72.3 Å². The second-order valence-electron chi connectivity index (χ2n) is 6.63. The maximum absolute atomic E-state index is 12.1. The average Bonchev–Trinajstić information content (AvgIpc) is 2.65. The molecule has 1 nitrogen and oxygen atoms in total. The summed E-state index contributed by atoms with van der Waals surface area (Å²) in [6.45, 7) is 1.98. The Morgan fingerprint density at radius 3 is 1.92 bits per heavy atom. The van der Waals surface area contributed by atoms with Crippen LogP contribution in [-0.4, -0.2) is 10.3 Å². The molecule has 0 saturated carbocycles. The van der Waals surface area contributed by atoms with Gasteiger partial charge in [-0.05, 0) is 73.3 Å². The van der Waals surface area contributed by atoms with Crippen LogP contribution >= 0.6 is 0 Å². The molecule has 0 aliphatic carbocycles. The van der Waals surface area contributed by atoms with E-state index in [2.05, 4.69) is 66.7 Å². The first kappa shape index (κ1) is 15.0. The number of hydrogen-bond donors (Lipinski definition) is 0. The number of rotatable bonds is 3. The molecular formula is C23H18OS. The van der Waals surface area contributed by atoms with Gasteiger partial charge in [0.25, 0.3) is 0 Å². The summed E-state index contributed by atoms with van der Waals surface area (Å²) in [4.78, 5) is 0. The van der Waals surface area contributed by atoms with E-state index in [4.69, 9.17) is 0 Å². The van der Waals surface area contributed by atoms with Crippen LogP contribution in [0.3, 0.4) is 0 Å². The van der Waals surface area contributed by atoms with Crippen LogP contribution < -0.4 is 0 Å². The van der Waals surface area contributed by atoms with E-state index in [1.54, 1.807) is 0 Å². The molecule has 0 heterocycles. The van der Waals surface area contributed by atoms with E-state index in [-0.39, 0.29) is 0 Å². The third-order valence-electron chi connectivity index (χ3n) is 5.17. The quantitative estimate of drug-likeness (QED) is 0.224. The minimum Gasteiger partial charge on any atom is -0.616 e. The van der Waals surface area contributed by atoms with E-state index >= 15 is 0 Å². The van der Waals surface area contributed by atoms with Crippen LogP contribution in [0.25, 0.3) is 43.1 Å². The fourth-order valence-electron chi connectivity index (χ4n) is 4.09. The van der Waals surface area contributed by atoms with Gasteiger partial charge in [0.1, 0.15) is 11.5 Å². The summed E-state index contributed by atoms with van der Waals surface area (Å²) in [5.41, 5.74) is 1.16. The zero-order chi connectivity index (χ0) is 17.0. The molecule has 122 valence electrons. The minimum atomic E-state index is -0.801. The maximum atomic E-state index is 12.1. The Kier molecular flexibility index (Phi) is 3.37. The highest BCUT2D eigenvalue weighted by Crippen LogP contribution is 2.40. The van der Waals surface area contributed by atoms with Crippen LogP contribution in [0, 0.1) is 0 Å². The largest absolute Gasteiger partial charge is 0.616 e. The van der Waals surface area contributed by atoms with Gasteiger partial charge in [0, 0.05) is 5.56 Å². The predicted molar refractivity (Wildman–Crippen MR) is 110 cm³/mol. The second kappa shape index (κ2) is 5.62. The first-order chi connectivity index (χ1) is 12.3. The topological polar surface area (TPSA) is 23.1 Å². The molecule has 1 unspecified atom stereocenters. The number of benzene rings is 5. The molecule has 0 amide bonds. The van der Waals surface area contributed by atoms with E-state index in [0.717, 1.165) is 5.56 Å². The molecule has 5 aromatic rings. The highest BCUT2D eigenvalue weighted by Gasteiger charge is 2.14. The van der Waals surface area contributed by atoms with Gasteiger partial charge in [0.05, 0.1) is 0 Å². The van der Waals surface area contributed by atoms with Gasteiger partial charge < -0.3 is 4.55 Å². The molecule has 0 aliphatic heterocycles. The van der Waals surface area contributed by atoms with Crippen molar-refractivity contribution >= 4 is 54.3 Å². The lowest BCUT2D eigenvalue weighted by Gasteiger charge is -2.16. The van der Waals surface area contributed by atoms with E-state index in [9.17, 15) is 4.55 Å². The molecule has 1 atom stereocenters. The van der Waals surface area contributed by atoms with Gasteiger partial charge in [-0.3, -0.25) is 0 Å². The summed E-state index contributed by atoms with van der Waals surface area (Å²) >= 11 is -0.801. The van der Waals surface area contributed by atoms with Crippen molar-refractivity contribution in [2.24, 2.45) is 0 Å². The molecular weight excluding hydrogens is 324 g/mol. The molecule has 0 aromatic heterocycles. The summed E-state index contributed by atoms with van der Waals surface area (Å²) in [7, 11) is 0. The lowest BCUT2D eigenvalue weighted by Crippen LogP contribution is -2.06. The molecule has 0 fully saturated rings. The van der Waals surface area contributed by atoms with E-state index in [1.165, 1.54) is 43.1 Å². The number of hydrogen-bond acceptors (Lipinski definition) is 1. The van der Waals surface area contributed by atoms with Gasteiger partial charge >= 0.3 is 0 Å². The molecule has 0 spiro atoms. The Morgan fingerprint density at radius 2 is 1.28 bits per heavy atom. The van der Waals surface area contributed by atoms with Crippen molar-refractivity contribution in [2.75, 3.05) is 5.75 Å². The third-order valence-corrected chi connectivity index (χ3v) is 6.47. The van der Waals surface area contributed by atoms with Crippen LogP contribution in [-0.2, 0) is 16.9 Å². The highest BCUT2D eigenvalue weighted by molar-refractivity contribution is 7.90. The minimum absolute atomic E-state index is 0.626. The Morgan fingerprint density at radius 1 is 0.720 bits per heavy atom. The van der Waals surface area contributed by atoms with Gasteiger partial charge in [-0.2, -0.15) is 0 Å². The van der Waals surface area contributed by atoms with Crippen LogP contribution in [0.4, 0.5) is 0 Å². The van der Waals surface area contributed by atoms with Crippen molar-refractivity contribution in [2.45, 2.75) is 12.7 Å². The Labute approximate surface area is 149 Å². The highest BCUT2D eigenvalue weighted by atomic mass is 32.2. The molecule has 0 bridgehead atoms. The maximum Gasteiger partial charge on any atom is 0.130 e. The van der Waals surface area contributed by atoms with Gasteiger partial charge in [-0.15, -0.1) is 0 Å². The fourth-order valence-corrected chi connectivity index (χ4v) is 4.83. The Balaban J connectivity index is 1.99. The first-order valence-electron chi connectivity index (χ1n) is 8.69. The summed E-state index contributed by atoms with van der Waals surface area (Å²) in [6, 6.07) is 24.1. The van der Waals surface area contributed by atoms with Gasteiger partial charge in [0.2, 0.25) is 0 Å². The van der Waals surface area contributed by atoms with Gasteiger partial charge in [-0.25, -0.2) is 0 Å². The first-order valence-corrected chi connectivity index (χ1v) is 10.2. The molecule has 0 aliphatic rings. The lowest BCUT2D eigenvalue weighted by atomic mass is 9.89. The van der Waals surface area contributed by atoms with E-state index in [0.29, 0.717) is 11.5 Å². The summed E-state index contributed by atoms with van der Waals surface area (Å²) in [5, 5.41) is 10.4. The zero-order valence-electron chi connectivity index (χ0n) is 14.1. The second-order valence-corrected chi connectivity index (χ2v) is 8.37. The monoisotopic (exact) mass is 342 g/mol. The molecule has 2 heteroatoms. The van der Waals surface area contributed by atoms with Crippen molar-refractivity contribution in [3.63, 3.8) is 0 Å². The average molecular weight is 342 g/mol. The SMILES string of the molecule is CC[S+]([O-])Cc1cc2cccc3c4cccc5cccc(c(c1)c23)c54. The van der Waals surface area contributed by atoms with Crippen molar-refractivity contribution in [1.82, 2.24) is 0 Å². The van der Waals surface area contributed by atoms with E-state index in [1.807, 2.05) is 6.92 Å². The van der Waals surface area contributed by atoms with Crippen molar-refractivity contribution < 1.29 is 4.55 Å². The molecule has 5 rings (SSSR count). The van der Waals surface area contributed by atoms with Crippen LogP contribution in [0.15, 0.2) is 66.7 Å². The van der Waals surface area contributed by atoms with Gasteiger partial charge in [0.15, 0.2) is 0 Å². The van der Waals surface area contributed by atoms with Crippen LogP contribution in [0.5, 0.6) is 0 Å². The Hall–Kier alpha value is -2.29. The molecule has 25 heavy (non-hydrogen) atoms. The molecule has 5 aromatic carbocycles. The Bertz CT molecular complexity index is 1220. The lowest BCUT2D eigenvalue weighted by molar-refractivity contribution is 0.595. The summed E-state index contributed by atoms with van der Waals surface area (Å²) in [5.74, 6) is 1.33. The van der Waals surface area contributed by atoms with E-state index < -0.39 is 11.2 Å². The van der Waals surface area contributed by atoms with Crippen LogP contribution in [0.1, 0.15) is 12.5 Å². The van der Waals surface area contributed by atoms with Crippen molar-refractivity contribution in [3.8, 4) is 0 Å². The predicted octanol–water partition coefficient (Wildman–Crippen LogP) is 6.01. The van der Waals surface area contributed by atoms with Gasteiger partial charge in [-0.1, -0.05) is 54.6 Å². The summed E-state index contributed by atoms with van der Waals surface area (Å²) < 4.78 is 12.1. The summed E-state index contributed by atoms with van der Waals surface area (Å²) in [6.07, 6.45) is 0. The normalized spacial score (nSPS) is 13.4. The molecule has 0 saturated heterocycles. The zero-order valence-corrected chi connectivity index (χ0v) is 14.9. The standard InChI is InChI=1S/C23H18OS/c1-2-25(24)14-15-12-17-8-5-10-19-18-9-3-6-16-7-4-11-20(22(16)18)21(13-15)23(17)19/h3-13H,2,14H2,1H3. The third kappa shape index (κ3) is 2.21. The van der Waals surface area contributed by atoms with Crippen molar-refractivity contribution in [1.29, 1.82) is 0 Å². The molecule has 0 N–H and O–H groups in total. The number of fused-ring (bicyclic) bond motifs is 2. The smallest absolute Gasteiger partial charge is 0.130 e. The fraction of sp³-hybridized carbons (Fsp3) is 0.130.